The molecule has 0 aliphatic carbocycles. The Morgan fingerprint density at radius 3 is 2.58 bits per heavy atom. The number of nitrogen functional groups attached to an aromatic ring is 1. The lowest BCUT2D eigenvalue weighted by Crippen LogP contribution is -2.40. The van der Waals surface area contributed by atoms with Gasteiger partial charge in [0.2, 0.25) is 5.95 Å². The second-order valence-corrected chi connectivity index (χ2v) is 10.3. The van der Waals surface area contributed by atoms with Crippen molar-refractivity contribution in [3.05, 3.63) is 56.6 Å². The first kappa shape index (κ1) is 29.1. The van der Waals surface area contributed by atoms with Crippen molar-refractivity contribution in [3.63, 3.8) is 0 Å². The van der Waals surface area contributed by atoms with Gasteiger partial charge in [-0.1, -0.05) is 0 Å². The molecule has 0 amide bonds. The molecule has 4 atom stereocenters. The number of imidazole rings is 1. The molecule has 19 heteroatoms. The third-order valence-electron chi connectivity index (χ3n) is 6.03. The van der Waals surface area contributed by atoms with Crippen LogP contribution in [0.2, 0.25) is 0 Å². The number of hydrogen-bond acceptors (Lipinski definition) is 13. The van der Waals surface area contributed by atoms with Gasteiger partial charge in [-0.15, -0.1) is 0 Å². The van der Waals surface area contributed by atoms with E-state index in [1.165, 1.54) is 56.1 Å². The first-order chi connectivity index (χ1) is 18.7. The SMILES string of the molecule is COC1[C@@H](OC(=O)OC(C)(C)c2ccc([N+](=O)[O-])cc2)[C@@H](COP(=O)(O)O)O[C@H]1n1cnc2c(=O)[nH]c(N)nc21. The predicted molar refractivity (Wildman–Crippen MR) is 133 cm³/mol. The van der Waals surface area contributed by atoms with Gasteiger partial charge >= 0.3 is 14.0 Å². The number of nitrogens with one attached hydrogen (secondary N) is 1. The van der Waals surface area contributed by atoms with Gasteiger partial charge in [0, 0.05) is 19.2 Å². The van der Waals surface area contributed by atoms with Crippen molar-refractivity contribution >= 4 is 36.8 Å². The summed E-state index contributed by atoms with van der Waals surface area (Å²) in [5, 5.41) is 10.9. The average molecular weight is 584 g/mol. The van der Waals surface area contributed by atoms with Crippen LogP contribution in [-0.4, -0.2) is 72.4 Å². The molecule has 5 N–H and O–H groups in total. The maximum atomic E-state index is 12.9. The van der Waals surface area contributed by atoms with Crippen LogP contribution in [0.5, 0.6) is 0 Å². The molecule has 216 valence electrons. The van der Waals surface area contributed by atoms with Crippen LogP contribution >= 0.6 is 7.82 Å². The molecule has 3 heterocycles. The van der Waals surface area contributed by atoms with Crippen LogP contribution in [0, 0.1) is 10.1 Å². The number of nitrogens with zero attached hydrogens (tertiary/aromatic N) is 4. The molecule has 1 saturated heterocycles. The predicted octanol–water partition coefficient (Wildman–Crippen LogP) is 1.09. The number of non-ortho nitro benzene ring substituents is 1. The van der Waals surface area contributed by atoms with Gasteiger partial charge < -0.3 is 34.5 Å². The monoisotopic (exact) mass is 584 g/mol. The maximum absolute atomic E-state index is 12.9. The number of nitro benzene ring substituents is 1. The molecular formula is C21H25N6O12P. The number of phosphoric ester groups is 1. The highest BCUT2D eigenvalue weighted by Gasteiger charge is 2.50. The van der Waals surface area contributed by atoms with Crippen LogP contribution in [-0.2, 0) is 33.6 Å². The first-order valence-corrected chi connectivity index (χ1v) is 13.0. The smallest absolute Gasteiger partial charge is 0.425 e. The first-order valence-electron chi connectivity index (χ1n) is 11.5. The van der Waals surface area contributed by atoms with Gasteiger partial charge in [-0.05, 0) is 31.5 Å². The lowest BCUT2D eigenvalue weighted by molar-refractivity contribution is -0.384. The maximum Gasteiger partial charge on any atom is 0.509 e. The summed E-state index contributed by atoms with van der Waals surface area (Å²) in [6.07, 6.45) is -4.96. The number of carbonyl (C=O) groups excluding carboxylic acids is 1. The molecule has 0 saturated carbocycles. The van der Waals surface area contributed by atoms with E-state index < -0.39 is 61.2 Å². The molecule has 1 aromatic carbocycles. The molecule has 1 aliphatic rings. The van der Waals surface area contributed by atoms with Crippen molar-refractivity contribution in [2.75, 3.05) is 19.5 Å². The third kappa shape index (κ3) is 6.11. The van der Waals surface area contributed by atoms with Gasteiger partial charge in [-0.3, -0.25) is 29.0 Å². The van der Waals surface area contributed by atoms with Crippen molar-refractivity contribution in [1.82, 2.24) is 19.5 Å². The minimum Gasteiger partial charge on any atom is -0.425 e. The van der Waals surface area contributed by atoms with Crippen molar-refractivity contribution < 1.29 is 47.5 Å². The van der Waals surface area contributed by atoms with Crippen LogP contribution in [0.15, 0.2) is 35.4 Å². The minimum absolute atomic E-state index is 0.00508. The van der Waals surface area contributed by atoms with Gasteiger partial charge in [0.25, 0.3) is 11.2 Å². The standard InChI is InChI=1S/C21H25N6O12P/c1-21(2,10-4-6-11(7-5-10)27(30)31)39-20(29)38-14-12(8-36-40(32,33)34)37-18(15(14)35-3)26-9-23-13-16(26)24-19(22)25-17(13)28/h4-7,9,12,14-15,18H,8H2,1-3H3,(H2,32,33,34)(H3,22,24,25,28)/t12-,14+,15?,18-/m1/s1. The molecule has 40 heavy (non-hydrogen) atoms. The van der Waals surface area contributed by atoms with Gasteiger partial charge in [0.05, 0.1) is 17.9 Å². The lowest BCUT2D eigenvalue weighted by atomic mass is 9.98. The number of phosphoric acid groups is 1. The van der Waals surface area contributed by atoms with Gasteiger partial charge in [0.1, 0.15) is 17.8 Å². The molecule has 18 nitrogen and oxygen atoms in total. The van der Waals surface area contributed by atoms with Gasteiger partial charge in [-0.2, -0.15) is 4.98 Å². The number of ether oxygens (including phenoxy) is 4. The summed E-state index contributed by atoms with van der Waals surface area (Å²) < 4.78 is 39.6. The highest BCUT2D eigenvalue weighted by Crippen LogP contribution is 2.40. The van der Waals surface area contributed by atoms with Crippen molar-refractivity contribution in [2.24, 2.45) is 0 Å². The zero-order valence-electron chi connectivity index (χ0n) is 21.2. The molecule has 1 fully saturated rings. The van der Waals surface area contributed by atoms with Gasteiger partial charge in [0.15, 0.2) is 23.5 Å². The van der Waals surface area contributed by atoms with Crippen molar-refractivity contribution in [3.8, 4) is 0 Å². The van der Waals surface area contributed by atoms with Crippen LogP contribution in [0.25, 0.3) is 11.2 Å². The number of H-pyrrole nitrogens is 1. The zero-order chi connectivity index (χ0) is 29.4. The minimum atomic E-state index is -4.96. The van der Waals surface area contributed by atoms with Crippen LogP contribution in [0.4, 0.5) is 16.4 Å². The Morgan fingerprint density at radius 2 is 1.98 bits per heavy atom. The van der Waals surface area contributed by atoms with Crippen LogP contribution in [0.3, 0.4) is 0 Å². The summed E-state index contributed by atoms with van der Waals surface area (Å²) >= 11 is 0. The molecule has 1 unspecified atom stereocenters. The van der Waals surface area contributed by atoms with E-state index in [0.29, 0.717) is 5.56 Å². The Hall–Kier alpha value is -3.93. The molecule has 3 aromatic rings. The third-order valence-corrected chi connectivity index (χ3v) is 6.52. The number of benzene rings is 1. The lowest BCUT2D eigenvalue weighted by Gasteiger charge is -2.28. The molecule has 0 bridgehead atoms. The largest absolute Gasteiger partial charge is 0.509 e. The molecule has 0 radical (unpaired) electrons. The fraction of sp³-hybridized carbons (Fsp3) is 0.429. The van der Waals surface area contributed by atoms with E-state index in [-0.39, 0.29) is 22.8 Å². The Balaban J connectivity index is 1.60. The van der Waals surface area contributed by atoms with E-state index in [1.807, 2.05) is 0 Å². The zero-order valence-corrected chi connectivity index (χ0v) is 22.1. The quantitative estimate of drug-likeness (QED) is 0.119. The number of nitro groups is 1. The Morgan fingerprint density at radius 1 is 1.30 bits per heavy atom. The van der Waals surface area contributed by atoms with E-state index in [1.54, 1.807) is 0 Å². The van der Waals surface area contributed by atoms with Crippen LogP contribution in [0.1, 0.15) is 25.6 Å². The number of fused-ring (bicyclic) bond motifs is 1. The summed E-state index contributed by atoms with van der Waals surface area (Å²) in [5.74, 6) is -0.211. The summed E-state index contributed by atoms with van der Waals surface area (Å²) in [4.78, 5) is 64.3. The van der Waals surface area contributed by atoms with Crippen LogP contribution < -0.4 is 11.3 Å². The van der Waals surface area contributed by atoms with E-state index >= 15 is 0 Å². The Bertz CT molecular complexity index is 1520. The molecule has 2 aromatic heterocycles. The summed E-state index contributed by atoms with van der Waals surface area (Å²) in [6, 6.07) is 5.33. The summed E-state index contributed by atoms with van der Waals surface area (Å²) in [5.41, 5.74) is 3.91. The fourth-order valence-corrected chi connectivity index (χ4v) is 4.49. The molecule has 0 spiro atoms. The highest BCUT2D eigenvalue weighted by molar-refractivity contribution is 7.46. The van der Waals surface area contributed by atoms with Crippen molar-refractivity contribution in [1.29, 1.82) is 0 Å². The Labute approximate surface area is 224 Å². The van der Waals surface area contributed by atoms with Gasteiger partial charge in [-0.25, -0.2) is 14.3 Å². The number of aromatic nitrogens is 4. The highest BCUT2D eigenvalue weighted by atomic mass is 31.2. The second-order valence-electron chi connectivity index (χ2n) is 9.08. The van der Waals surface area contributed by atoms with E-state index in [2.05, 4.69) is 19.5 Å². The Kier molecular flexibility index (Phi) is 7.93. The molecular weight excluding hydrogens is 559 g/mol. The van der Waals surface area contributed by atoms with E-state index in [4.69, 9.17) is 24.7 Å². The van der Waals surface area contributed by atoms with E-state index in [9.17, 15) is 34.1 Å². The number of anilines is 1. The normalized spacial score (nSPS) is 21.4. The molecule has 4 rings (SSSR count). The summed E-state index contributed by atoms with van der Waals surface area (Å²) in [6.45, 7) is 2.32. The van der Waals surface area contributed by atoms with Crippen molar-refractivity contribution in [2.45, 2.75) is 44.0 Å². The number of hydrogen-bond donors (Lipinski definition) is 4. The topological polar surface area (TPSA) is 253 Å². The summed E-state index contributed by atoms with van der Waals surface area (Å²) in [7, 11) is -3.69. The average Bonchev–Trinajstić information content (AvgIpc) is 3.42. The number of carbonyl (C=O) groups is 1. The molecule has 1 aliphatic heterocycles. The fourth-order valence-electron chi connectivity index (χ4n) is 4.15. The number of methoxy groups -OCH3 is 1. The second kappa shape index (κ2) is 10.9. The number of rotatable bonds is 9. The number of aromatic amines is 1. The van der Waals surface area contributed by atoms with E-state index in [0.717, 1.165) is 0 Å². The number of nitrogens with two attached hydrogens (primary N) is 1.